The van der Waals surface area contributed by atoms with Crippen molar-refractivity contribution in [2.24, 2.45) is 5.10 Å². The molecule has 0 saturated carbocycles. The van der Waals surface area contributed by atoms with E-state index in [0.29, 0.717) is 18.8 Å². The normalized spacial score (nSPS) is 18.6. The molecule has 2 rings (SSSR count). The van der Waals surface area contributed by atoms with Gasteiger partial charge in [-0.25, -0.2) is 10.1 Å². The lowest BCUT2D eigenvalue weighted by Gasteiger charge is -2.27. The lowest BCUT2D eigenvalue weighted by Crippen LogP contribution is -2.35. The maximum atomic E-state index is 10.4. The molecule has 8 heteroatoms. The van der Waals surface area contributed by atoms with Crippen LogP contribution in [-0.4, -0.2) is 27.3 Å². The Hall–Kier alpha value is -1.28. The number of nitro groups is 1. The van der Waals surface area contributed by atoms with Gasteiger partial charge in [0.2, 0.25) is 0 Å². The van der Waals surface area contributed by atoms with E-state index < -0.39 is 5.03 Å². The molecule has 0 radical (unpaired) electrons. The van der Waals surface area contributed by atoms with E-state index in [4.69, 9.17) is 12.2 Å². The van der Waals surface area contributed by atoms with Crippen molar-refractivity contribution in [1.82, 2.24) is 9.88 Å². The second-order valence-corrected chi connectivity index (χ2v) is 5.58. The maximum absolute atomic E-state index is 10.4. The van der Waals surface area contributed by atoms with Crippen molar-refractivity contribution < 1.29 is 5.03 Å². The standard InChI is InChI=1S/C9H12N4O2S2/c14-13(15)11-8-3-1-2-4-12(8)6-7-5-10-9(16)17-7/h5H,1-4,6H2,(H,10,16). The molecule has 6 nitrogen and oxygen atoms in total. The first-order chi connectivity index (χ1) is 8.15. The Morgan fingerprint density at radius 1 is 1.65 bits per heavy atom. The van der Waals surface area contributed by atoms with Gasteiger partial charge in [-0.05, 0) is 25.1 Å². The minimum Gasteiger partial charge on any atom is -0.350 e. The van der Waals surface area contributed by atoms with Gasteiger partial charge in [-0.3, -0.25) is 0 Å². The Labute approximate surface area is 107 Å². The molecule has 0 aliphatic carbocycles. The molecule has 0 atom stereocenters. The summed E-state index contributed by atoms with van der Waals surface area (Å²) in [5.74, 6) is 0.570. The van der Waals surface area contributed by atoms with E-state index in [2.05, 4.69) is 10.1 Å². The number of aromatic amines is 1. The van der Waals surface area contributed by atoms with Crippen LogP contribution in [0.15, 0.2) is 11.3 Å². The first-order valence-electron chi connectivity index (χ1n) is 5.29. The summed E-state index contributed by atoms with van der Waals surface area (Å²) >= 11 is 6.50. The first kappa shape index (κ1) is 12.2. The molecule has 0 aromatic carbocycles. The largest absolute Gasteiger partial charge is 0.350 e. The van der Waals surface area contributed by atoms with Gasteiger partial charge in [-0.2, -0.15) is 0 Å². The first-order valence-corrected chi connectivity index (χ1v) is 6.52. The number of rotatable bonds is 3. The second-order valence-electron chi connectivity index (χ2n) is 3.78. The number of amidine groups is 1. The number of H-pyrrole nitrogens is 1. The van der Waals surface area contributed by atoms with Crippen molar-refractivity contribution in [3.8, 4) is 0 Å². The maximum Gasteiger partial charge on any atom is 0.192 e. The third-order valence-electron chi connectivity index (χ3n) is 2.56. The molecule has 0 bridgehead atoms. The fourth-order valence-corrected chi connectivity index (χ4v) is 2.91. The Balaban J connectivity index is 2.11. The summed E-state index contributed by atoms with van der Waals surface area (Å²) in [6, 6.07) is 0. The number of aromatic nitrogens is 1. The minimum atomic E-state index is -0.618. The Kier molecular flexibility index (Phi) is 3.85. The lowest BCUT2D eigenvalue weighted by atomic mass is 10.1. The van der Waals surface area contributed by atoms with Crippen molar-refractivity contribution in [3.63, 3.8) is 0 Å². The predicted molar refractivity (Wildman–Crippen MR) is 68.2 cm³/mol. The molecule has 1 aromatic rings. The van der Waals surface area contributed by atoms with Crippen LogP contribution < -0.4 is 0 Å². The summed E-state index contributed by atoms with van der Waals surface area (Å²) in [4.78, 5) is 16.4. The number of hydrogen-bond acceptors (Lipinski definition) is 4. The highest BCUT2D eigenvalue weighted by Gasteiger charge is 2.20. The van der Waals surface area contributed by atoms with Crippen LogP contribution in [0.5, 0.6) is 0 Å². The van der Waals surface area contributed by atoms with E-state index in [1.807, 2.05) is 11.1 Å². The fourth-order valence-electron chi connectivity index (χ4n) is 1.83. The molecule has 92 valence electrons. The SMILES string of the molecule is O=[N+]([O-])N=C1CCCCN1Cc1c[nH]c(=S)s1. The summed E-state index contributed by atoms with van der Waals surface area (Å²) in [7, 11) is 0. The van der Waals surface area contributed by atoms with Crippen molar-refractivity contribution in [2.45, 2.75) is 25.8 Å². The smallest absolute Gasteiger partial charge is 0.192 e. The molecule has 1 aliphatic heterocycles. The topological polar surface area (TPSA) is 74.5 Å². The predicted octanol–water partition coefficient (Wildman–Crippen LogP) is 2.38. The molecular formula is C9H12N4O2S2. The summed E-state index contributed by atoms with van der Waals surface area (Å²) in [6.45, 7) is 1.46. The van der Waals surface area contributed by atoms with Crippen LogP contribution in [0.4, 0.5) is 0 Å². The highest BCUT2D eigenvalue weighted by molar-refractivity contribution is 7.73. The molecule has 1 aliphatic rings. The molecular weight excluding hydrogens is 260 g/mol. The van der Waals surface area contributed by atoms with Crippen LogP contribution in [0.2, 0.25) is 0 Å². The van der Waals surface area contributed by atoms with Gasteiger partial charge in [0.05, 0.1) is 11.6 Å². The quantitative estimate of drug-likeness (QED) is 0.521. The molecule has 0 spiro atoms. The summed E-state index contributed by atoms with van der Waals surface area (Å²) in [5.41, 5.74) is 0. The van der Waals surface area contributed by atoms with Crippen molar-refractivity contribution in [3.05, 3.63) is 25.1 Å². The lowest BCUT2D eigenvalue weighted by molar-refractivity contribution is -0.485. The Morgan fingerprint density at radius 2 is 2.47 bits per heavy atom. The van der Waals surface area contributed by atoms with Crippen LogP contribution in [-0.2, 0) is 6.54 Å². The van der Waals surface area contributed by atoms with E-state index >= 15 is 0 Å². The Morgan fingerprint density at radius 3 is 3.12 bits per heavy atom. The summed E-state index contributed by atoms with van der Waals surface area (Å²) in [5, 5.41) is 13.3. The molecule has 1 saturated heterocycles. The average Bonchev–Trinajstić information content (AvgIpc) is 2.66. The van der Waals surface area contributed by atoms with Gasteiger partial charge in [-0.15, -0.1) is 11.3 Å². The highest BCUT2D eigenvalue weighted by Crippen LogP contribution is 2.18. The molecule has 0 unspecified atom stereocenters. The number of hydrazone groups is 1. The van der Waals surface area contributed by atoms with Gasteiger partial charge < -0.3 is 9.88 Å². The third kappa shape index (κ3) is 3.34. The van der Waals surface area contributed by atoms with Gasteiger partial charge in [0.15, 0.2) is 14.8 Å². The van der Waals surface area contributed by atoms with Gasteiger partial charge >= 0.3 is 0 Å². The number of nitrogens with one attached hydrogen (secondary N) is 1. The fraction of sp³-hybridized carbons (Fsp3) is 0.556. The van der Waals surface area contributed by atoms with Crippen LogP contribution in [0, 0.1) is 14.1 Å². The van der Waals surface area contributed by atoms with Gasteiger partial charge in [0, 0.05) is 24.0 Å². The van der Waals surface area contributed by atoms with Gasteiger partial charge in [0.25, 0.3) is 0 Å². The molecule has 0 amide bonds. The minimum absolute atomic E-state index is 0.570. The number of piperidine rings is 1. The van der Waals surface area contributed by atoms with Crippen LogP contribution >= 0.6 is 23.6 Å². The van der Waals surface area contributed by atoms with Gasteiger partial charge in [0.1, 0.15) is 0 Å². The van der Waals surface area contributed by atoms with E-state index in [-0.39, 0.29) is 0 Å². The van der Waals surface area contributed by atoms with Crippen LogP contribution in [0.1, 0.15) is 24.1 Å². The molecule has 17 heavy (non-hydrogen) atoms. The number of hydrogen-bond donors (Lipinski definition) is 1. The zero-order chi connectivity index (χ0) is 12.3. The van der Waals surface area contributed by atoms with Crippen molar-refractivity contribution in [1.29, 1.82) is 0 Å². The molecule has 2 heterocycles. The molecule has 1 fully saturated rings. The monoisotopic (exact) mass is 272 g/mol. The summed E-state index contributed by atoms with van der Waals surface area (Å²) < 4.78 is 0.727. The van der Waals surface area contributed by atoms with Crippen LogP contribution in [0.25, 0.3) is 0 Å². The van der Waals surface area contributed by atoms with E-state index in [1.165, 1.54) is 11.3 Å². The molecule has 1 N–H and O–H groups in total. The number of likely N-dealkylation sites (tertiary alicyclic amines) is 1. The summed E-state index contributed by atoms with van der Waals surface area (Å²) in [6.07, 6.45) is 4.54. The van der Waals surface area contributed by atoms with Crippen molar-refractivity contribution in [2.75, 3.05) is 6.54 Å². The zero-order valence-electron chi connectivity index (χ0n) is 9.09. The highest BCUT2D eigenvalue weighted by atomic mass is 32.1. The van der Waals surface area contributed by atoms with Crippen molar-refractivity contribution >= 4 is 29.4 Å². The zero-order valence-corrected chi connectivity index (χ0v) is 10.7. The number of nitrogens with zero attached hydrogens (tertiary/aromatic N) is 3. The van der Waals surface area contributed by atoms with Crippen LogP contribution in [0.3, 0.4) is 0 Å². The average molecular weight is 272 g/mol. The van der Waals surface area contributed by atoms with E-state index in [9.17, 15) is 10.1 Å². The van der Waals surface area contributed by atoms with E-state index in [1.54, 1.807) is 0 Å². The third-order valence-corrected chi connectivity index (χ3v) is 3.74. The Bertz CT molecular complexity index is 493. The number of thiazole rings is 1. The molecule has 1 aromatic heterocycles. The second kappa shape index (κ2) is 5.37. The van der Waals surface area contributed by atoms with E-state index in [0.717, 1.165) is 28.2 Å². The van der Waals surface area contributed by atoms with Gasteiger partial charge in [-0.1, -0.05) is 0 Å².